The molecule has 0 bridgehead atoms. The Bertz CT molecular complexity index is 772. The summed E-state index contributed by atoms with van der Waals surface area (Å²) in [4.78, 5) is 24.0. The minimum Gasteiger partial charge on any atom is -0.333 e. The largest absolute Gasteiger partial charge is 0.333 e. The first-order chi connectivity index (χ1) is 11.7. The lowest BCUT2D eigenvalue weighted by Crippen LogP contribution is -2.49. The fourth-order valence-corrected chi connectivity index (χ4v) is 2.93. The van der Waals surface area contributed by atoms with Gasteiger partial charge in [0.25, 0.3) is 0 Å². The molecule has 1 aromatic heterocycles. The standard InChI is InChI=1S/C16H20ClN5O2S/c1-10(13(23)19-14(24)20-16(2,3)4)25-15-21-18-9-22(15)12-7-5-6-11(17)8-12/h5-10H,1-4H3,(H2,19,20,23,24). The highest BCUT2D eigenvalue weighted by Gasteiger charge is 2.22. The zero-order valence-corrected chi connectivity index (χ0v) is 16.0. The van der Waals surface area contributed by atoms with Gasteiger partial charge in [-0.2, -0.15) is 0 Å². The number of urea groups is 1. The topological polar surface area (TPSA) is 88.9 Å². The molecule has 1 aromatic carbocycles. The van der Waals surface area contributed by atoms with Gasteiger partial charge in [0.1, 0.15) is 6.33 Å². The molecule has 0 saturated carbocycles. The molecule has 7 nitrogen and oxygen atoms in total. The summed E-state index contributed by atoms with van der Waals surface area (Å²) in [5, 5.41) is 13.5. The molecule has 0 aliphatic rings. The minimum absolute atomic E-state index is 0.410. The molecule has 2 rings (SSSR count). The maximum Gasteiger partial charge on any atom is 0.321 e. The van der Waals surface area contributed by atoms with E-state index in [0.29, 0.717) is 10.2 Å². The first kappa shape index (κ1) is 19.3. The van der Waals surface area contributed by atoms with Gasteiger partial charge in [0, 0.05) is 10.6 Å². The second kappa shape index (κ2) is 7.88. The fraction of sp³-hybridized carbons (Fsp3) is 0.375. The number of halogens is 1. The van der Waals surface area contributed by atoms with Crippen molar-refractivity contribution in [1.82, 2.24) is 25.4 Å². The third-order valence-corrected chi connectivity index (χ3v) is 4.27. The summed E-state index contributed by atoms with van der Waals surface area (Å²) < 4.78 is 1.73. The number of carbonyl (C=O) groups is 2. The van der Waals surface area contributed by atoms with Crippen LogP contribution in [0.5, 0.6) is 0 Å². The van der Waals surface area contributed by atoms with Gasteiger partial charge in [-0.05, 0) is 45.9 Å². The molecule has 1 unspecified atom stereocenters. The Kier molecular flexibility index (Phi) is 6.07. The van der Waals surface area contributed by atoms with Crippen LogP contribution in [0.4, 0.5) is 4.79 Å². The molecular formula is C16H20ClN5O2S. The van der Waals surface area contributed by atoms with Crippen molar-refractivity contribution in [2.75, 3.05) is 0 Å². The number of aromatic nitrogens is 3. The van der Waals surface area contributed by atoms with E-state index in [9.17, 15) is 9.59 Å². The number of nitrogens with one attached hydrogen (secondary N) is 2. The van der Waals surface area contributed by atoms with Crippen LogP contribution < -0.4 is 10.6 Å². The van der Waals surface area contributed by atoms with Gasteiger partial charge < -0.3 is 5.32 Å². The Morgan fingerprint density at radius 3 is 2.68 bits per heavy atom. The van der Waals surface area contributed by atoms with Gasteiger partial charge in [0.2, 0.25) is 5.91 Å². The third-order valence-electron chi connectivity index (χ3n) is 2.98. The highest BCUT2D eigenvalue weighted by atomic mass is 35.5. The molecule has 0 aliphatic carbocycles. The van der Waals surface area contributed by atoms with Crippen molar-refractivity contribution in [2.24, 2.45) is 0 Å². The number of nitrogens with zero attached hydrogens (tertiary/aromatic N) is 3. The highest BCUT2D eigenvalue weighted by Crippen LogP contribution is 2.25. The number of carbonyl (C=O) groups excluding carboxylic acids is 2. The second-order valence-corrected chi connectivity index (χ2v) is 8.16. The van der Waals surface area contributed by atoms with E-state index in [1.807, 2.05) is 32.9 Å². The summed E-state index contributed by atoms with van der Waals surface area (Å²) in [6.45, 7) is 7.20. The van der Waals surface area contributed by atoms with Crippen LogP contribution in [0.1, 0.15) is 27.7 Å². The molecular weight excluding hydrogens is 362 g/mol. The van der Waals surface area contributed by atoms with Crippen molar-refractivity contribution in [1.29, 1.82) is 0 Å². The molecule has 0 saturated heterocycles. The summed E-state index contributed by atoms with van der Waals surface area (Å²) in [6.07, 6.45) is 1.55. The minimum atomic E-state index is -0.534. The molecule has 0 radical (unpaired) electrons. The van der Waals surface area contributed by atoms with Gasteiger partial charge in [0.05, 0.1) is 10.9 Å². The molecule has 1 atom stereocenters. The molecule has 134 valence electrons. The first-order valence-electron chi connectivity index (χ1n) is 7.61. The SMILES string of the molecule is CC(Sc1nncn1-c1cccc(Cl)c1)C(=O)NC(=O)NC(C)(C)C. The average molecular weight is 382 g/mol. The highest BCUT2D eigenvalue weighted by molar-refractivity contribution is 8.00. The number of benzene rings is 1. The molecule has 0 spiro atoms. The summed E-state index contributed by atoms with van der Waals surface area (Å²) >= 11 is 7.21. The molecule has 0 fully saturated rings. The smallest absolute Gasteiger partial charge is 0.321 e. The quantitative estimate of drug-likeness (QED) is 0.794. The third kappa shape index (κ3) is 5.75. The summed E-state index contributed by atoms with van der Waals surface area (Å²) in [7, 11) is 0. The van der Waals surface area contributed by atoms with E-state index in [1.165, 1.54) is 11.8 Å². The van der Waals surface area contributed by atoms with E-state index < -0.39 is 22.7 Å². The van der Waals surface area contributed by atoms with Gasteiger partial charge in [-0.1, -0.05) is 29.4 Å². The first-order valence-corrected chi connectivity index (χ1v) is 8.87. The lowest BCUT2D eigenvalue weighted by atomic mass is 10.1. The average Bonchev–Trinajstić information content (AvgIpc) is 2.93. The zero-order valence-electron chi connectivity index (χ0n) is 14.4. The van der Waals surface area contributed by atoms with Gasteiger partial charge >= 0.3 is 6.03 Å². The maximum atomic E-state index is 12.2. The Balaban J connectivity index is 2.04. The van der Waals surface area contributed by atoms with Crippen LogP contribution in [0.2, 0.25) is 5.02 Å². The number of rotatable bonds is 4. The van der Waals surface area contributed by atoms with Crippen LogP contribution in [0.15, 0.2) is 35.7 Å². The lowest BCUT2D eigenvalue weighted by Gasteiger charge is -2.21. The number of hydrogen-bond donors (Lipinski definition) is 2. The molecule has 2 aromatic rings. The van der Waals surface area contributed by atoms with E-state index in [-0.39, 0.29) is 0 Å². The van der Waals surface area contributed by atoms with Crippen molar-refractivity contribution >= 4 is 35.3 Å². The van der Waals surface area contributed by atoms with Gasteiger partial charge in [0.15, 0.2) is 5.16 Å². The Labute approximate surface area is 155 Å². The van der Waals surface area contributed by atoms with Crippen molar-refractivity contribution < 1.29 is 9.59 Å². The van der Waals surface area contributed by atoms with E-state index in [2.05, 4.69) is 20.8 Å². The predicted molar refractivity (Wildman–Crippen MR) is 98.1 cm³/mol. The predicted octanol–water partition coefficient (Wildman–Crippen LogP) is 3.03. The van der Waals surface area contributed by atoms with E-state index in [1.54, 1.807) is 30.0 Å². The van der Waals surface area contributed by atoms with Gasteiger partial charge in [-0.25, -0.2) is 4.79 Å². The van der Waals surface area contributed by atoms with Crippen LogP contribution in [0.25, 0.3) is 5.69 Å². The molecule has 9 heteroatoms. The molecule has 3 amide bonds. The summed E-state index contributed by atoms with van der Waals surface area (Å²) in [5.74, 6) is -0.410. The lowest BCUT2D eigenvalue weighted by molar-refractivity contribution is -0.119. The molecule has 1 heterocycles. The van der Waals surface area contributed by atoms with Crippen LogP contribution >= 0.6 is 23.4 Å². The van der Waals surface area contributed by atoms with Crippen molar-refractivity contribution in [2.45, 2.75) is 43.6 Å². The Morgan fingerprint density at radius 2 is 2.04 bits per heavy atom. The number of thioether (sulfide) groups is 1. The summed E-state index contributed by atoms with van der Waals surface area (Å²) in [6, 6.07) is 6.70. The van der Waals surface area contributed by atoms with E-state index >= 15 is 0 Å². The Morgan fingerprint density at radius 1 is 1.32 bits per heavy atom. The zero-order chi connectivity index (χ0) is 18.6. The molecule has 25 heavy (non-hydrogen) atoms. The monoisotopic (exact) mass is 381 g/mol. The van der Waals surface area contributed by atoms with Gasteiger partial charge in [-0.15, -0.1) is 10.2 Å². The normalized spacial score (nSPS) is 12.5. The van der Waals surface area contributed by atoms with Crippen molar-refractivity contribution in [3.63, 3.8) is 0 Å². The van der Waals surface area contributed by atoms with Crippen LogP contribution in [-0.4, -0.2) is 37.5 Å². The van der Waals surface area contributed by atoms with Gasteiger partial charge in [-0.3, -0.25) is 14.7 Å². The molecule has 0 aliphatic heterocycles. The van der Waals surface area contributed by atoms with Crippen molar-refractivity contribution in [3.8, 4) is 5.69 Å². The fourth-order valence-electron chi connectivity index (χ4n) is 1.90. The second-order valence-electron chi connectivity index (χ2n) is 6.42. The molecule has 2 N–H and O–H groups in total. The maximum absolute atomic E-state index is 12.2. The van der Waals surface area contributed by atoms with E-state index in [4.69, 9.17) is 11.6 Å². The summed E-state index contributed by atoms with van der Waals surface area (Å²) in [5.41, 5.74) is 0.367. The number of amides is 3. The number of imide groups is 1. The van der Waals surface area contributed by atoms with Crippen LogP contribution in [0.3, 0.4) is 0 Å². The van der Waals surface area contributed by atoms with Crippen LogP contribution in [-0.2, 0) is 4.79 Å². The van der Waals surface area contributed by atoms with Crippen molar-refractivity contribution in [3.05, 3.63) is 35.6 Å². The Hall–Kier alpha value is -2.06. The van der Waals surface area contributed by atoms with E-state index in [0.717, 1.165) is 5.69 Å². The number of hydrogen-bond acceptors (Lipinski definition) is 5. The van der Waals surface area contributed by atoms with Crippen LogP contribution in [0, 0.1) is 0 Å².